The van der Waals surface area contributed by atoms with Crippen LogP contribution in [-0.2, 0) is 25.4 Å². The van der Waals surface area contributed by atoms with Gasteiger partial charge in [0.2, 0.25) is 5.91 Å². The summed E-state index contributed by atoms with van der Waals surface area (Å²) in [6.07, 6.45) is 1.48. The number of hydrogen-bond donors (Lipinski definition) is 0. The lowest BCUT2D eigenvalue weighted by molar-refractivity contribution is -0.135. The van der Waals surface area contributed by atoms with E-state index in [4.69, 9.17) is 0 Å². The zero-order chi connectivity index (χ0) is 17.5. The molecule has 0 unspecified atom stereocenters. The van der Waals surface area contributed by atoms with E-state index in [1.165, 1.54) is 10.9 Å². The Balaban J connectivity index is 2.57. The monoisotopic (exact) mass is 321 g/mol. The van der Waals surface area contributed by atoms with Gasteiger partial charge in [0, 0.05) is 26.2 Å². The highest BCUT2D eigenvalue weighted by molar-refractivity contribution is 5.77. The van der Waals surface area contributed by atoms with E-state index in [9.17, 15) is 14.4 Å². The summed E-state index contributed by atoms with van der Waals surface area (Å²) >= 11 is 0. The van der Waals surface area contributed by atoms with E-state index in [0.29, 0.717) is 11.2 Å². The molecule has 0 aromatic carbocycles. The van der Waals surface area contributed by atoms with E-state index in [2.05, 4.69) is 4.98 Å². The van der Waals surface area contributed by atoms with Crippen molar-refractivity contribution in [2.24, 2.45) is 14.1 Å². The van der Waals surface area contributed by atoms with Crippen molar-refractivity contribution in [3.05, 3.63) is 27.2 Å². The van der Waals surface area contributed by atoms with Gasteiger partial charge in [-0.25, -0.2) is 14.3 Å². The van der Waals surface area contributed by atoms with Crippen molar-refractivity contribution < 1.29 is 4.79 Å². The molecule has 0 atom stereocenters. The highest BCUT2D eigenvalue weighted by Crippen LogP contribution is 2.07. The van der Waals surface area contributed by atoms with Gasteiger partial charge in [-0.15, -0.1) is 0 Å². The Bertz CT molecular complexity index is 848. The van der Waals surface area contributed by atoms with Gasteiger partial charge >= 0.3 is 5.69 Å². The van der Waals surface area contributed by atoms with Gasteiger partial charge in [-0.3, -0.25) is 14.2 Å². The lowest BCUT2D eigenvalue weighted by Gasteiger charge is -2.30. The first-order valence-corrected chi connectivity index (χ1v) is 7.58. The van der Waals surface area contributed by atoms with Crippen LogP contribution in [0.4, 0.5) is 0 Å². The van der Waals surface area contributed by atoms with Gasteiger partial charge in [0.1, 0.15) is 6.54 Å². The Kier molecular flexibility index (Phi) is 4.44. The molecule has 2 aromatic heterocycles. The van der Waals surface area contributed by atoms with E-state index in [1.807, 2.05) is 27.7 Å². The summed E-state index contributed by atoms with van der Waals surface area (Å²) in [6.45, 7) is 7.35. The standard InChI is InChI=1S/C15H23N5O3/c1-9(2)20(10(3)4)11(21)7-19-14(22)12-13(16-8-17(12)5)18(6)15(19)23/h8-10H,7H2,1-6H3. The molecular formula is C15H23N5O3. The molecule has 126 valence electrons. The molecule has 0 radical (unpaired) electrons. The zero-order valence-corrected chi connectivity index (χ0v) is 14.4. The second-order valence-electron chi connectivity index (χ2n) is 6.25. The average Bonchev–Trinajstić information content (AvgIpc) is 2.82. The van der Waals surface area contributed by atoms with E-state index < -0.39 is 11.2 Å². The number of hydrogen-bond acceptors (Lipinski definition) is 4. The van der Waals surface area contributed by atoms with Crippen molar-refractivity contribution >= 4 is 17.1 Å². The lowest BCUT2D eigenvalue weighted by Crippen LogP contribution is -2.48. The predicted molar refractivity (Wildman–Crippen MR) is 87.3 cm³/mol. The molecule has 0 N–H and O–H groups in total. The number of amides is 1. The third-order valence-corrected chi connectivity index (χ3v) is 3.90. The Morgan fingerprint density at radius 2 is 1.74 bits per heavy atom. The van der Waals surface area contributed by atoms with Crippen LogP contribution in [0.1, 0.15) is 27.7 Å². The molecule has 0 fully saturated rings. The maximum atomic E-state index is 12.6. The van der Waals surface area contributed by atoms with Crippen molar-refractivity contribution in [1.29, 1.82) is 0 Å². The second-order valence-corrected chi connectivity index (χ2v) is 6.25. The largest absolute Gasteiger partial charge is 0.336 e. The SMILES string of the molecule is CC(C)N(C(=O)Cn1c(=O)c2c(ncn2C)n(C)c1=O)C(C)C. The van der Waals surface area contributed by atoms with Gasteiger partial charge in [-0.2, -0.15) is 0 Å². The molecular weight excluding hydrogens is 298 g/mol. The highest BCUT2D eigenvalue weighted by atomic mass is 16.2. The number of fused-ring (bicyclic) bond motifs is 1. The molecule has 2 aromatic rings. The summed E-state index contributed by atoms with van der Waals surface area (Å²) in [5.41, 5.74) is -0.415. The maximum Gasteiger partial charge on any atom is 0.332 e. The predicted octanol–water partition coefficient (Wildman–Crippen LogP) is 0.0791. The molecule has 23 heavy (non-hydrogen) atoms. The molecule has 0 bridgehead atoms. The van der Waals surface area contributed by atoms with Crippen LogP contribution < -0.4 is 11.2 Å². The summed E-state index contributed by atoms with van der Waals surface area (Å²) in [5.74, 6) is -0.254. The van der Waals surface area contributed by atoms with Gasteiger partial charge < -0.3 is 9.47 Å². The molecule has 0 saturated carbocycles. The van der Waals surface area contributed by atoms with Crippen molar-refractivity contribution in [3.63, 3.8) is 0 Å². The van der Waals surface area contributed by atoms with E-state index >= 15 is 0 Å². The highest BCUT2D eigenvalue weighted by Gasteiger charge is 2.23. The molecule has 2 rings (SSSR count). The number of carbonyl (C=O) groups excluding carboxylic acids is 1. The van der Waals surface area contributed by atoms with Crippen molar-refractivity contribution in [2.45, 2.75) is 46.3 Å². The lowest BCUT2D eigenvalue weighted by atomic mass is 10.2. The summed E-state index contributed by atoms with van der Waals surface area (Å²) in [6, 6.07) is -0.0232. The smallest absolute Gasteiger partial charge is 0.332 e. The van der Waals surface area contributed by atoms with Crippen LogP contribution in [0.15, 0.2) is 15.9 Å². The molecule has 8 nitrogen and oxygen atoms in total. The van der Waals surface area contributed by atoms with E-state index in [-0.39, 0.29) is 24.5 Å². The molecule has 0 aliphatic rings. The van der Waals surface area contributed by atoms with Crippen LogP contribution in [0.5, 0.6) is 0 Å². The van der Waals surface area contributed by atoms with Crippen molar-refractivity contribution in [3.8, 4) is 0 Å². The fourth-order valence-electron chi connectivity index (χ4n) is 2.92. The summed E-state index contributed by atoms with van der Waals surface area (Å²) in [4.78, 5) is 43.3. The molecule has 1 amide bonds. The molecule has 0 saturated heterocycles. The van der Waals surface area contributed by atoms with Gasteiger partial charge in [0.25, 0.3) is 5.56 Å². The minimum atomic E-state index is -0.540. The van der Waals surface area contributed by atoms with Crippen LogP contribution in [-0.4, -0.2) is 41.6 Å². The molecule has 0 aliphatic carbocycles. The first-order chi connectivity index (χ1) is 10.7. The van der Waals surface area contributed by atoms with Crippen LogP contribution in [0.25, 0.3) is 11.2 Å². The third-order valence-electron chi connectivity index (χ3n) is 3.90. The third kappa shape index (κ3) is 2.80. The Morgan fingerprint density at radius 3 is 2.26 bits per heavy atom. The summed E-state index contributed by atoms with van der Waals surface area (Å²) in [5, 5.41) is 0. The number of nitrogens with zero attached hydrogens (tertiary/aromatic N) is 5. The normalized spacial score (nSPS) is 11.7. The molecule has 2 heterocycles. The molecule has 0 spiro atoms. The van der Waals surface area contributed by atoms with Crippen molar-refractivity contribution in [1.82, 2.24) is 23.6 Å². The Labute approximate surface area is 134 Å². The first-order valence-electron chi connectivity index (χ1n) is 7.58. The van der Waals surface area contributed by atoms with Crippen LogP contribution >= 0.6 is 0 Å². The first kappa shape index (κ1) is 17.0. The fraction of sp³-hybridized carbons (Fsp3) is 0.600. The van der Waals surface area contributed by atoms with Gasteiger partial charge in [-0.1, -0.05) is 0 Å². The minimum Gasteiger partial charge on any atom is -0.336 e. The van der Waals surface area contributed by atoms with Crippen LogP contribution in [0.2, 0.25) is 0 Å². The van der Waals surface area contributed by atoms with Gasteiger partial charge in [-0.05, 0) is 27.7 Å². The number of rotatable bonds is 4. The van der Waals surface area contributed by atoms with Gasteiger partial charge in [0.15, 0.2) is 11.2 Å². The number of imidazole rings is 1. The molecule has 0 aliphatic heterocycles. The Morgan fingerprint density at radius 1 is 1.17 bits per heavy atom. The number of aromatic nitrogens is 4. The van der Waals surface area contributed by atoms with Crippen LogP contribution in [0.3, 0.4) is 0 Å². The minimum absolute atomic E-state index is 0.0116. The zero-order valence-electron chi connectivity index (χ0n) is 14.4. The number of aryl methyl sites for hydroxylation is 2. The fourth-order valence-corrected chi connectivity index (χ4v) is 2.92. The second kappa shape index (κ2) is 6.02. The van der Waals surface area contributed by atoms with E-state index in [1.54, 1.807) is 23.6 Å². The topological polar surface area (TPSA) is 82.1 Å². The van der Waals surface area contributed by atoms with E-state index in [0.717, 1.165) is 4.57 Å². The number of carbonyl (C=O) groups is 1. The quantitative estimate of drug-likeness (QED) is 0.798. The Hall–Kier alpha value is -2.38. The summed E-state index contributed by atoms with van der Waals surface area (Å²) < 4.78 is 3.82. The van der Waals surface area contributed by atoms with Crippen LogP contribution in [0, 0.1) is 0 Å². The molecule has 8 heteroatoms. The van der Waals surface area contributed by atoms with Gasteiger partial charge in [0.05, 0.1) is 6.33 Å². The average molecular weight is 321 g/mol. The summed E-state index contributed by atoms with van der Waals surface area (Å²) in [7, 11) is 3.22. The van der Waals surface area contributed by atoms with Crippen molar-refractivity contribution in [2.75, 3.05) is 0 Å². The maximum absolute atomic E-state index is 12.6.